The van der Waals surface area contributed by atoms with Crippen molar-refractivity contribution in [3.63, 3.8) is 0 Å². The van der Waals surface area contributed by atoms with Gasteiger partial charge in [-0.1, -0.05) is 142 Å². The summed E-state index contributed by atoms with van der Waals surface area (Å²) in [5.41, 5.74) is 0. The van der Waals surface area contributed by atoms with E-state index in [1.165, 1.54) is 122 Å². The fraction of sp³-hybridized carbons (Fsp3) is 0.875. The Hall–Kier alpha value is -1.32. The zero-order chi connectivity index (χ0) is 26.5. The lowest BCUT2D eigenvalue weighted by molar-refractivity contribution is -0.151. The third-order valence-corrected chi connectivity index (χ3v) is 7.06. The molecular formula is C32H60O4. The minimum atomic E-state index is -0.875. The zero-order valence-corrected chi connectivity index (χ0v) is 24.1. The topological polar surface area (TPSA) is 63.6 Å². The van der Waals surface area contributed by atoms with E-state index in [0.717, 1.165) is 19.3 Å². The summed E-state index contributed by atoms with van der Waals surface area (Å²) in [7, 11) is 0. The van der Waals surface area contributed by atoms with Crippen LogP contribution in [0.5, 0.6) is 0 Å². The summed E-state index contributed by atoms with van der Waals surface area (Å²) in [4.78, 5) is 23.0. The van der Waals surface area contributed by atoms with Gasteiger partial charge in [0.25, 0.3) is 0 Å². The molecule has 0 amide bonds. The van der Waals surface area contributed by atoms with Crippen molar-refractivity contribution in [1.82, 2.24) is 0 Å². The number of hydrogen-bond acceptors (Lipinski definition) is 3. The quantitative estimate of drug-likeness (QED) is 0.0648. The number of aliphatic carboxylic acids is 1. The Kier molecular flexibility index (Phi) is 27.2. The SMILES string of the molecule is CC/C=C/CCCCCCCCCCCCCCCCCCCCCC(CC(=O)OCCC)C(=O)O. The fourth-order valence-electron chi connectivity index (χ4n) is 4.73. The first-order chi connectivity index (χ1) is 17.6. The molecule has 0 saturated carbocycles. The molecule has 0 radical (unpaired) electrons. The molecule has 0 saturated heterocycles. The van der Waals surface area contributed by atoms with Gasteiger partial charge < -0.3 is 9.84 Å². The number of allylic oxidation sites excluding steroid dienone is 2. The van der Waals surface area contributed by atoms with Gasteiger partial charge in [-0.15, -0.1) is 0 Å². The molecule has 0 fully saturated rings. The lowest BCUT2D eigenvalue weighted by atomic mass is 9.97. The normalized spacial score (nSPS) is 12.3. The first-order valence-electron chi connectivity index (χ1n) is 15.6. The number of carboxylic acids is 1. The van der Waals surface area contributed by atoms with Crippen molar-refractivity contribution in [2.24, 2.45) is 5.92 Å². The number of ether oxygens (including phenoxy) is 1. The molecule has 0 rings (SSSR count). The van der Waals surface area contributed by atoms with Gasteiger partial charge in [-0.05, 0) is 32.1 Å². The Labute approximate surface area is 224 Å². The van der Waals surface area contributed by atoms with Gasteiger partial charge in [-0.2, -0.15) is 0 Å². The van der Waals surface area contributed by atoms with E-state index in [1.807, 2.05) is 6.92 Å². The van der Waals surface area contributed by atoms with E-state index in [2.05, 4.69) is 19.1 Å². The Morgan fingerprint density at radius 1 is 0.639 bits per heavy atom. The van der Waals surface area contributed by atoms with Crippen molar-refractivity contribution in [2.75, 3.05) is 6.61 Å². The van der Waals surface area contributed by atoms with Crippen LogP contribution in [0.1, 0.15) is 168 Å². The third kappa shape index (κ3) is 25.8. The fourth-order valence-corrected chi connectivity index (χ4v) is 4.73. The van der Waals surface area contributed by atoms with E-state index in [-0.39, 0.29) is 12.4 Å². The number of unbranched alkanes of at least 4 members (excludes halogenated alkanes) is 19. The number of carboxylic acid groups (broad SMARTS) is 1. The molecule has 36 heavy (non-hydrogen) atoms. The maximum atomic E-state index is 11.7. The average molecular weight is 509 g/mol. The monoisotopic (exact) mass is 508 g/mol. The van der Waals surface area contributed by atoms with Crippen LogP contribution in [0, 0.1) is 5.92 Å². The molecule has 0 aliphatic carbocycles. The van der Waals surface area contributed by atoms with Gasteiger partial charge in [0.05, 0.1) is 18.9 Å². The van der Waals surface area contributed by atoms with Crippen LogP contribution >= 0.6 is 0 Å². The molecule has 0 aliphatic rings. The van der Waals surface area contributed by atoms with E-state index in [9.17, 15) is 14.7 Å². The molecule has 0 aromatic heterocycles. The smallest absolute Gasteiger partial charge is 0.307 e. The van der Waals surface area contributed by atoms with E-state index >= 15 is 0 Å². The predicted molar refractivity (Wildman–Crippen MR) is 153 cm³/mol. The second-order valence-corrected chi connectivity index (χ2v) is 10.6. The highest BCUT2D eigenvalue weighted by Gasteiger charge is 2.21. The number of carbonyl (C=O) groups excluding carboxylic acids is 1. The van der Waals surface area contributed by atoms with Crippen molar-refractivity contribution >= 4 is 11.9 Å². The summed E-state index contributed by atoms with van der Waals surface area (Å²) in [6.07, 6.45) is 33.7. The summed E-state index contributed by atoms with van der Waals surface area (Å²) < 4.78 is 5.02. The van der Waals surface area contributed by atoms with Gasteiger partial charge in [0.1, 0.15) is 0 Å². The summed E-state index contributed by atoms with van der Waals surface area (Å²) in [5, 5.41) is 9.32. The third-order valence-electron chi connectivity index (χ3n) is 7.06. The molecule has 1 N–H and O–H groups in total. The molecule has 0 aliphatic heterocycles. The highest BCUT2D eigenvalue weighted by atomic mass is 16.5. The van der Waals surface area contributed by atoms with Crippen LogP contribution in [0.2, 0.25) is 0 Å². The van der Waals surface area contributed by atoms with Crippen LogP contribution in [0.4, 0.5) is 0 Å². The summed E-state index contributed by atoms with van der Waals surface area (Å²) >= 11 is 0. The lowest BCUT2D eigenvalue weighted by Gasteiger charge is -2.11. The van der Waals surface area contributed by atoms with Gasteiger partial charge in [0.15, 0.2) is 0 Å². The predicted octanol–water partition coefficient (Wildman–Crippen LogP) is 10.2. The molecule has 4 nitrogen and oxygen atoms in total. The highest BCUT2D eigenvalue weighted by Crippen LogP contribution is 2.18. The number of rotatable bonds is 28. The van der Waals surface area contributed by atoms with E-state index in [1.54, 1.807) is 0 Å². The zero-order valence-electron chi connectivity index (χ0n) is 24.1. The molecule has 0 aromatic rings. The van der Waals surface area contributed by atoms with Crippen molar-refractivity contribution in [3.8, 4) is 0 Å². The van der Waals surface area contributed by atoms with Gasteiger partial charge in [0, 0.05) is 0 Å². The van der Waals surface area contributed by atoms with Crippen molar-refractivity contribution in [2.45, 2.75) is 168 Å². The minimum absolute atomic E-state index is 0.00691. The molecule has 0 heterocycles. The largest absolute Gasteiger partial charge is 0.481 e. The van der Waals surface area contributed by atoms with E-state index < -0.39 is 11.9 Å². The maximum Gasteiger partial charge on any atom is 0.307 e. The van der Waals surface area contributed by atoms with Crippen LogP contribution in [-0.2, 0) is 14.3 Å². The molecule has 0 aromatic carbocycles. The molecule has 0 spiro atoms. The molecular weight excluding hydrogens is 448 g/mol. The Morgan fingerprint density at radius 3 is 1.44 bits per heavy atom. The first kappa shape index (κ1) is 34.7. The van der Waals surface area contributed by atoms with Crippen LogP contribution in [0.15, 0.2) is 12.2 Å². The second kappa shape index (κ2) is 28.3. The number of esters is 1. The molecule has 1 atom stereocenters. The van der Waals surface area contributed by atoms with Gasteiger partial charge >= 0.3 is 11.9 Å². The lowest BCUT2D eigenvalue weighted by Crippen LogP contribution is -2.19. The van der Waals surface area contributed by atoms with Crippen LogP contribution in [0.25, 0.3) is 0 Å². The van der Waals surface area contributed by atoms with Crippen molar-refractivity contribution < 1.29 is 19.4 Å². The second-order valence-electron chi connectivity index (χ2n) is 10.6. The average Bonchev–Trinajstić information content (AvgIpc) is 2.87. The Morgan fingerprint density at radius 2 is 1.06 bits per heavy atom. The summed E-state index contributed by atoms with van der Waals surface area (Å²) in [6, 6.07) is 0. The number of hydrogen-bond donors (Lipinski definition) is 1. The summed E-state index contributed by atoms with van der Waals surface area (Å²) in [5.74, 6) is -1.85. The standard InChI is InChI=1S/C32H60O4/c1-3-5-6-7-8-9-10-11-12-13-14-15-16-17-18-19-20-21-22-23-24-25-26-27-30(32(34)35)29-31(33)36-28-4-2/h5-6,30H,3-4,7-29H2,1-2H3,(H,34,35)/b6-5+. The van der Waals surface area contributed by atoms with Crippen LogP contribution < -0.4 is 0 Å². The van der Waals surface area contributed by atoms with Crippen LogP contribution in [-0.4, -0.2) is 23.7 Å². The van der Waals surface area contributed by atoms with Gasteiger partial charge in [-0.25, -0.2) is 0 Å². The van der Waals surface area contributed by atoms with Gasteiger partial charge in [0.2, 0.25) is 0 Å². The molecule has 212 valence electrons. The van der Waals surface area contributed by atoms with Crippen LogP contribution in [0.3, 0.4) is 0 Å². The minimum Gasteiger partial charge on any atom is -0.481 e. The highest BCUT2D eigenvalue weighted by molar-refractivity contribution is 5.78. The van der Waals surface area contributed by atoms with Crippen molar-refractivity contribution in [1.29, 1.82) is 0 Å². The first-order valence-corrected chi connectivity index (χ1v) is 15.6. The Balaban J connectivity index is 3.32. The Bertz CT molecular complexity index is 514. The van der Waals surface area contributed by atoms with E-state index in [0.29, 0.717) is 13.0 Å². The van der Waals surface area contributed by atoms with E-state index in [4.69, 9.17) is 4.74 Å². The molecule has 1 unspecified atom stereocenters. The number of carbonyl (C=O) groups is 2. The maximum absolute atomic E-state index is 11.7. The van der Waals surface area contributed by atoms with Gasteiger partial charge in [-0.3, -0.25) is 9.59 Å². The molecule has 4 heteroatoms. The van der Waals surface area contributed by atoms with Crippen molar-refractivity contribution in [3.05, 3.63) is 12.2 Å². The summed E-state index contributed by atoms with van der Waals surface area (Å²) in [6.45, 7) is 4.51. The molecule has 0 bridgehead atoms.